The van der Waals surface area contributed by atoms with Crippen molar-refractivity contribution >= 4 is 5.78 Å². The summed E-state index contributed by atoms with van der Waals surface area (Å²) in [6.45, 7) is 1.96. The van der Waals surface area contributed by atoms with E-state index in [1.807, 2.05) is 50.4 Å². The molecule has 0 amide bonds. The summed E-state index contributed by atoms with van der Waals surface area (Å²) < 4.78 is 5.33. The minimum atomic E-state index is -0.129. The van der Waals surface area contributed by atoms with Crippen LogP contribution in [0.25, 0.3) is 0 Å². The van der Waals surface area contributed by atoms with E-state index < -0.39 is 0 Å². The highest BCUT2D eigenvalue weighted by Crippen LogP contribution is 2.38. The van der Waals surface area contributed by atoms with Gasteiger partial charge in [0.25, 0.3) is 0 Å². The maximum Gasteiger partial charge on any atom is 0.180 e. The summed E-state index contributed by atoms with van der Waals surface area (Å²) >= 11 is 0. The van der Waals surface area contributed by atoms with Crippen LogP contribution in [0.2, 0.25) is 0 Å². The van der Waals surface area contributed by atoms with Crippen molar-refractivity contribution in [3.63, 3.8) is 0 Å². The lowest BCUT2D eigenvalue weighted by molar-refractivity contribution is 0.0800. The zero-order valence-electron chi connectivity index (χ0n) is 12.5. The second-order valence-corrected chi connectivity index (χ2v) is 5.47. The second-order valence-electron chi connectivity index (χ2n) is 5.47. The molecule has 0 radical (unpaired) electrons. The lowest BCUT2D eigenvalue weighted by Crippen LogP contribution is -2.44. The molecular formula is C18H19NO2. The van der Waals surface area contributed by atoms with Gasteiger partial charge < -0.3 is 4.74 Å². The first-order valence-electron chi connectivity index (χ1n) is 7.12. The Morgan fingerprint density at radius 1 is 1.10 bits per heavy atom. The Morgan fingerprint density at radius 3 is 2.48 bits per heavy atom. The van der Waals surface area contributed by atoms with Crippen LogP contribution in [0.15, 0.2) is 48.5 Å². The highest BCUT2D eigenvalue weighted by atomic mass is 16.5. The number of likely N-dealkylation sites (N-methyl/N-ethyl adjacent to an activating group) is 1. The molecular weight excluding hydrogens is 262 g/mol. The molecule has 0 saturated carbocycles. The van der Waals surface area contributed by atoms with Crippen LogP contribution in [0.3, 0.4) is 0 Å². The summed E-state index contributed by atoms with van der Waals surface area (Å²) in [5.74, 6) is 0.952. The predicted molar refractivity (Wildman–Crippen MR) is 82.8 cm³/mol. The number of carbonyl (C=O) groups is 1. The molecule has 1 heterocycles. The Kier molecular flexibility index (Phi) is 3.52. The Bertz CT molecular complexity index is 666. The molecule has 3 nitrogen and oxygen atoms in total. The Labute approximate surface area is 125 Å². The van der Waals surface area contributed by atoms with E-state index >= 15 is 0 Å². The maximum absolute atomic E-state index is 12.5. The Balaban J connectivity index is 2.20. The number of hydrogen-bond donors (Lipinski definition) is 0. The fraction of sp³-hybridized carbons (Fsp3) is 0.278. The topological polar surface area (TPSA) is 29.5 Å². The molecule has 3 heteroatoms. The summed E-state index contributed by atoms with van der Waals surface area (Å²) in [7, 11) is 3.65. The third-order valence-corrected chi connectivity index (χ3v) is 4.33. The number of methoxy groups -OCH3 is 1. The first-order valence-corrected chi connectivity index (χ1v) is 7.12. The number of ether oxygens (including phenoxy) is 1. The van der Waals surface area contributed by atoms with Crippen LogP contribution >= 0.6 is 0 Å². The van der Waals surface area contributed by atoms with Gasteiger partial charge in [-0.3, -0.25) is 9.69 Å². The van der Waals surface area contributed by atoms with E-state index in [2.05, 4.69) is 17.0 Å². The fourth-order valence-corrected chi connectivity index (χ4v) is 3.02. The summed E-state index contributed by atoms with van der Waals surface area (Å²) in [4.78, 5) is 14.6. The molecule has 2 unspecified atom stereocenters. The van der Waals surface area contributed by atoms with Crippen molar-refractivity contribution in [2.24, 2.45) is 0 Å². The summed E-state index contributed by atoms with van der Waals surface area (Å²) in [5, 5.41) is 0. The van der Waals surface area contributed by atoms with E-state index in [4.69, 9.17) is 4.74 Å². The molecule has 0 fully saturated rings. The van der Waals surface area contributed by atoms with Crippen LogP contribution in [-0.4, -0.2) is 30.9 Å². The smallest absolute Gasteiger partial charge is 0.180 e. The van der Waals surface area contributed by atoms with Crippen molar-refractivity contribution in [3.8, 4) is 5.75 Å². The van der Waals surface area contributed by atoms with Gasteiger partial charge in [0.05, 0.1) is 19.2 Å². The van der Waals surface area contributed by atoms with Gasteiger partial charge in [-0.15, -0.1) is 0 Å². The molecule has 2 aromatic carbocycles. The van der Waals surface area contributed by atoms with Crippen LogP contribution in [0.4, 0.5) is 0 Å². The van der Waals surface area contributed by atoms with E-state index in [1.54, 1.807) is 7.11 Å². The molecule has 108 valence electrons. The van der Waals surface area contributed by atoms with Gasteiger partial charge in [-0.1, -0.05) is 30.3 Å². The number of carbonyl (C=O) groups excluding carboxylic acids is 1. The van der Waals surface area contributed by atoms with Gasteiger partial charge in [0, 0.05) is 5.56 Å². The summed E-state index contributed by atoms with van der Waals surface area (Å²) in [6, 6.07) is 15.9. The number of rotatable bonds is 2. The van der Waals surface area contributed by atoms with Crippen LogP contribution in [0, 0.1) is 0 Å². The molecule has 0 spiro atoms. The molecule has 2 atom stereocenters. The molecule has 1 aliphatic heterocycles. The lowest BCUT2D eigenvalue weighted by atomic mass is 9.84. The van der Waals surface area contributed by atoms with Crippen LogP contribution in [0.1, 0.15) is 34.5 Å². The first-order chi connectivity index (χ1) is 10.1. The van der Waals surface area contributed by atoms with Gasteiger partial charge in [0.1, 0.15) is 5.75 Å². The van der Waals surface area contributed by atoms with E-state index in [0.717, 1.165) is 16.9 Å². The van der Waals surface area contributed by atoms with E-state index in [-0.39, 0.29) is 17.9 Å². The van der Waals surface area contributed by atoms with Gasteiger partial charge in [-0.2, -0.15) is 0 Å². The number of Topliss-reactive ketones (excluding diaryl/α,β-unsaturated/α-hetero) is 1. The van der Waals surface area contributed by atoms with Crippen molar-refractivity contribution < 1.29 is 9.53 Å². The minimum Gasteiger partial charge on any atom is -0.497 e. The molecule has 0 N–H and O–H groups in total. The monoisotopic (exact) mass is 281 g/mol. The van der Waals surface area contributed by atoms with Gasteiger partial charge in [0.2, 0.25) is 0 Å². The molecule has 0 saturated heterocycles. The maximum atomic E-state index is 12.5. The summed E-state index contributed by atoms with van der Waals surface area (Å²) in [6.07, 6.45) is 0. The molecule has 3 rings (SSSR count). The van der Waals surface area contributed by atoms with E-state index in [0.29, 0.717) is 0 Å². The lowest BCUT2D eigenvalue weighted by Gasteiger charge is -2.38. The largest absolute Gasteiger partial charge is 0.497 e. The quantitative estimate of drug-likeness (QED) is 0.846. The van der Waals surface area contributed by atoms with Gasteiger partial charge in [0.15, 0.2) is 5.78 Å². The number of benzene rings is 2. The van der Waals surface area contributed by atoms with Crippen molar-refractivity contribution in [2.45, 2.75) is 19.0 Å². The molecule has 21 heavy (non-hydrogen) atoms. The minimum absolute atomic E-state index is 0.0731. The SMILES string of the molecule is COc1ccc2c(c1)C(c1ccccc1)N(C)C(C)C2=O. The third-order valence-electron chi connectivity index (χ3n) is 4.33. The van der Waals surface area contributed by atoms with Gasteiger partial charge >= 0.3 is 0 Å². The van der Waals surface area contributed by atoms with Crippen LogP contribution in [0.5, 0.6) is 5.75 Å². The van der Waals surface area contributed by atoms with Crippen LogP contribution in [-0.2, 0) is 0 Å². The Morgan fingerprint density at radius 2 is 1.81 bits per heavy atom. The molecule has 2 aromatic rings. The highest BCUT2D eigenvalue weighted by Gasteiger charge is 2.36. The number of nitrogens with zero attached hydrogens (tertiary/aromatic N) is 1. The van der Waals surface area contributed by atoms with E-state index in [1.165, 1.54) is 5.56 Å². The van der Waals surface area contributed by atoms with Gasteiger partial charge in [-0.25, -0.2) is 0 Å². The van der Waals surface area contributed by atoms with Crippen molar-refractivity contribution in [1.29, 1.82) is 0 Å². The fourth-order valence-electron chi connectivity index (χ4n) is 3.02. The molecule has 0 bridgehead atoms. The third kappa shape index (κ3) is 2.24. The average molecular weight is 281 g/mol. The first kappa shape index (κ1) is 13.8. The normalized spacial score (nSPS) is 22.0. The van der Waals surface area contributed by atoms with Crippen molar-refractivity contribution in [3.05, 3.63) is 65.2 Å². The van der Waals surface area contributed by atoms with Gasteiger partial charge in [-0.05, 0) is 43.3 Å². The zero-order chi connectivity index (χ0) is 15.0. The number of hydrogen-bond acceptors (Lipinski definition) is 3. The predicted octanol–water partition coefficient (Wildman–Crippen LogP) is 3.30. The number of ketones is 1. The average Bonchev–Trinajstić information content (AvgIpc) is 2.53. The van der Waals surface area contributed by atoms with Crippen molar-refractivity contribution in [1.82, 2.24) is 4.90 Å². The Hall–Kier alpha value is -2.13. The molecule has 0 aromatic heterocycles. The van der Waals surface area contributed by atoms with Crippen LogP contribution < -0.4 is 4.74 Å². The molecule has 0 aliphatic carbocycles. The highest BCUT2D eigenvalue weighted by molar-refractivity contribution is 6.02. The molecule has 1 aliphatic rings. The van der Waals surface area contributed by atoms with E-state index in [9.17, 15) is 4.79 Å². The number of fused-ring (bicyclic) bond motifs is 1. The standard InChI is InChI=1S/C18H19NO2/c1-12-18(20)15-10-9-14(21-3)11-16(15)17(19(12)2)13-7-5-4-6-8-13/h4-12,17H,1-3H3. The van der Waals surface area contributed by atoms with Crippen molar-refractivity contribution in [2.75, 3.05) is 14.2 Å². The second kappa shape index (κ2) is 5.34. The zero-order valence-corrected chi connectivity index (χ0v) is 12.5. The summed E-state index contributed by atoms with van der Waals surface area (Å²) in [5.41, 5.74) is 3.01.